The van der Waals surface area contributed by atoms with Crippen molar-refractivity contribution >= 4 is 33.7 Å². The Morgan fingerprint density at radius 2 is 1.08 bits per heavy atom. The molecular weight excluding hydrogens is 743 g/mol. The van der Waals surface area contributed by atoms with Crippen LogP contribution >= 0.6 is 0 Å². The first-order valence-corrected chi connectivity index (χ1v) is 23.2. The van der Waals surface area contributed by atoms with Crippen LogP contribution in [0.5, 0.6) is 0 Å². The summed E-state index contributed by atoms with van der Waals surface area (Å²) in [5.74, 6) is 6.24. The van der Waals surface area contributed by atoms with Crippen LogP contribution in [0.25, 0.3) is 44.6 Å². The van der Waals surface area contributed by atoms with Gasteiger partial charge in [-0.25, -0.2) is 19.9 Å². The molecule has 0 N–H and O–H groups in total. The Kier molecular flexibility index (Phi) is 9.40. The molecule has 2 saturated heterocycles. The van der Waals surface area contributed by atoms with Crippen LogP contribution in [-0.2, 0) is 25.9 Å². The largest absolute Gasteiger partial charge is 0.356 e. The zero-order chi connectivity index (χ0) is 39.7. The summed E-state index contributed by atoms with van der Waals surface area (Å²) in [5.41, 5.74) is 9.14. The van der Waals surface area contributed by atoms with Crippen LogP contribution in [0.4, 0.5) is 11.6 Å². The van der Waals surface area contributed by atoms with Gasteiger partial charge in [0.2, 0.25) is 0 Å². The Labute approximate surface area is 354 Å². The van der Waals surface area contributed by atoms with Gasteiger partial charge in [-0.2, -0.15) is 0 Å². The zero-order valence-corrected chi connectivity index (χ0v) is 35.3. The molecule has 0 radical (unpaired) electrons. The summed E-state index contributed by atoms with van der Waals surface area (Å²) in [4.78, 5) is 33.5. The van der Waals surface area contributed by atoms with Crippen molar-refractivity contribution in [3.05, 3.63) is 84.4 Å². The first-order valence-electron chi connectivity index (χ1n) is 23.2. The number of hydrogen-bond donors (Lipinski definition) is 0. The Morgan fingerprint density at radius 1 is 0.500 bits per heavy atom. The number of pyridine rings is 2. The molecule has 6 aromatic rings. The summed E-state index contributed by atoms with van der Waals surface area (Å²) in [7, 11) is 2.20. The highest BCUT2D eigenvalue weighted by atomic mass is 15.3. The molecule has 11 heteroatoms. The smallest absolute Gasteiger partial charge is 0.129 e. The van der Waals surface area contributed by atoms with E-state index >= 15 is 0 Å². The van der Waals surface area contributed by atoms with E-state index in [1.165, 1.54) is 66.8 Å². The zero-order valence-electron chi connectivity index (χ0n) is 35.3. The monoisotopic (exact) mass is 801 g/mol. The molecule has 2 aromatic carbocycles. The lowest BCUT2D eigenvalue weighted by molar-refractivity contribution is 0.0534. The van der Waals surface area contributed by atoms with E-state index in [1.807, 2.05) is 0 Å². The normalized spacial score (nSPS) is 24.6. The fourth-order valence-electron chi connectivity index (χ4n) is 11.5. The SMILES string of the molecule is CN1CCN(c2cccc(-c3ccc4c(c3)nc3n4CCN(C4CC(C5CCN(c6cccc(-c7ccc8c(c7)nc7n8CCN(C8CCC8)CC7)n6)C5)C4)CC3)n2)CC1. The third kappa shape index (κ3) is 6.77. The lowest BCUT2D eigenvalue weighted by Crippen LogP contribution is -2.48. The molecule has 11 nitrogen and oxygen atoms in total. The van der Waals surface area contributed by atoms with Gasteiger partial charge in [-0.05, 0) is 99.5 Å². The highest BCUT2D eigenvalue weighted by molar-refractivity contribution is 5.83. The topological polar surface area (TPSA) is 77.6 Å². The molecule has 60 heavy (non-hydrogen) atoms. The van der Waals surface area contributed by atoms with E-state index in [1.54, 1.807) is 0 Å². The molecule has 6 aliphatic rings. The number of hydrogen-bond acceptors (Lipinski definition) is 9. The predicted octanol–water partition coefficient (Wildman–Crippen LogP) is 6.84. The van der Waals surface area contributed by atoms with E-state index in [-0.39, 0.29) is 0 Å². The molecule has 2 saturated carbocycles. The van der Waals surface area contributed by atoms with Crippen molar-refractivity contribution in [1.29, 1.82) is 0 Å². The summed E-state index contributed by atoms with van der Waals surface area (Å²) in [6.07, 6.45) is 10.1. The maximum absolute atomic E-state index is 5.25. The molecule has 12 rings (SSSR count). The van der Waals surface area contributed by atoms with Crippen molar-refractivity contribution in [3.63, 3.8) is 0 Å². The summed E-state index contributed by atoms with van der Waals surface area (Å²) < 4.78 is 4.97. The number of benzene rings is 2. The van der Waals surface area contributed by atoms with Crippen molar-refractivity contribution in [2.45, 2.75) is 76.5 Å². The fraction of sp³-hybridized carbons (Fsp3) is 0.510. The highest BCUT2D eigenvalue weighted by Crippen LogP contribution is 2.42. The van der Waals surface area contributed by atoms with Crippen molar-refractivity contribution in [2.75, 3.05) is 82.3 Å². The van der Waals surface area contributed by atoms with Crippen molar-refractivity contribution in [2.24, 2.45) is 11.8 Å². The van der Waals surface area contributed by atoms with E-state index in [0.29, 0.717) is 6.04 Å². The van der Waals surface area contributed by atoms with Crippen molar-refractivity contribution < 1.29 is 0 Å². The molecule has 0 spiro atoms. The quantitative estimate of drug-likeness (QED) is 0.173. The van der Waals surface area contributed by atoms with E-state index < -0.39 is 0 Å². The second-order valence-corrected chi connectivity index (χ2v) is 18.9. The summed E-state index contributed by atoms with van der Waals surface area (Å²) in [6.45, 7) is 13.0. The van der Waals surface area contributed by atoms with Crippen molar-refractivity contribution in [1.82, 2.24) is 43.8 Å². The first kappa shape index (κ1) is 37.0. The molecule has 310 valence electrons. The van der Waals surface area contributed by atoms with Crippen LogP contribution in [-0.4, -0.2) is 128 Å². The average Bonchev–Trinajstić information content (AvgIpc) is 3.88. The van der Waals surface area contributed by atoms with Gasteiger partial charge in [0.1, 0.15) is 23.3 Å². The van der Waals surface area contributed by atoms with Gasteiger partial charge < -0.3 is 23.8 Å². The number of fused-ring (bicyclic) bond motifs is 6. The van der Waals surface area contributed by atoms with Crippen LogP contribution in [0.15, 0.2) is 72.8 Å². The number of aromatic nitrogens is 6. The molecule has 1 atom stereocenters. The van der Waals surface area contributed by atoms with Crippen molar-refractivity contribution in [3.8, 4) is 22.5 Å². The second kappa shape index (κ2) is 15.3. The fourth-order valence-corrected chi connectivity index (χ4v) is 11.5. The van der Waals surface area contributed by atoms with Gasteiger partial charge in [-0.3, -0.25) is 9.80 Å². The summed E-state index contributed by atoms with van der Waals surface area (Å²) in [6, 6.07) is 28.1. The lowest BCUT2D eigenvalue weighted by atomic mass is 9.71. The minimum Gasteiger partial charge on any atom is -0.356 e. The number of likely N-dealkylation sites (N-methyl/N-ethyl adjacent to an activating group) is 1. The second-order valence-electron chi connectivity index (χ2n) is 18.9. The summed E-state index contributed by atoms with van der Waals surface area (Å²) in [5, 5.41) is 0. The lowest BCUT2D eigenvalue weighted by Gasteiger charge is -2.45. The summed E-state index contributed by atoms with van der Waals surface area (Å²) >= 11 is 0. The van der Waals surface area contributed by atoms with Crippen LogP contribution in [0.1, 0.15) is 50.2 Å². The maximum atomic E-state index is 5.25. The Morgan fingerprint density at radius 3 is 1.67 bits per heavy atom. The Hall–Kier alpha value is -4.84. The maximum Gasteiger partial charge on any atom is 0.129 e. The van der Waals surface area contributed by atoms with Gasteiger partial charge in [-0.1, -0.05) is 30.7 Å². The molecule has 4 aliphatic heterocycles. The van der Waals surface area contributed by atoms with Gasteiger partial charge in [0.15, 0.2) is 0 Å². The van der Waals surface area contributed by atoms with Crippen LogP contribution < -0.4 is 9.80 Å². The first-order chi connectivity index (χ1) is 29.6. The number of rotatable bonds is 7. The predicted molar refractivity (Wildman–Crippen MR) is 241 cm³/mol. The number of imidazole rings is 2. The molecule has 4 fully saturated rings. The van der Waals surface area contributed by atoms with Crippen LogP contribution in [0, 0.1) is 11.8 Å². The number of piperazine rings is 1. The Bertz CT molecular complexity index is 2520. The van der Waals surface area contributed by atoms with Gasteiger partial charge in [-0.15, -0.1) is 0 Å². The van der Waals surface area contributed by atoms with Crippen LogP contribution in [0.2, 0.25) is 0 Å². The third-order valence-electron chi connectivity index (χ3n) is 15.5. The van der Waals surface area contributed by atoms with Gasteiger partial charge in [0.05, 0.1) is 33.5 Å². The van der Waals surface area contributed by atoms with Crippen LogP contribution in [0.3, 0.4) is 0 Å². The molecule has 0 bridgehead atoms. The molecule has 1 unspecified atom stereocenters. The molecule has 4 aromatic heterocycles. The minimum atomic E-state index is 0.696. The van der Waals surface area contributed by atoms with E-state index in [2.05, 4.69) is 113 Å². The third-order valence-corrected chi connectivity index (χ3v) is 15.5. The van der Waals surface area contributed by atoms with E-state index in [0.717, 1.165) is 149 Å². The molecule has 8 heterocycles. The minimum absolute atomic E-state index is 0.696. The van der Waals surface area contributed by atoms with Gasteiger partial charge in [0.25, 0.3) is 0 Å². The molecule has 0 amide bonds. The standard InChI is InChI=1S/C49H59N11/c1-54-21-23-57(24-22-54)46-9-3-7-40(50-46)34-11-13-45-42(31-34)53-49-17-20-56(26-28-60(45)49)39-29-37(30-39)36-15-18-58(33-36)47-10-4-8-41(51-47)35-12-14-44-43(32-35)52-48-16-19-55(25-27-59(44)48)38-5-2-6-38/h3-4,7-14,31-32,36-39H,2,5-6,15-30,33H2,1H3. The van der Waals surface area contributed by atoms with E-state index in [4.69, 9.17) is 19.9 Å². The van der Waals surface area contributed by atoms with Gasteiger partial charge in [0, 0.05) is 115 Å². The molecular formula is C49H59N11. The average molecular weight is 802 g/mol. The van der Waals surface area contributed by atoms with E-state index in [9.17, 15) is 0 Å². The number of nitrogens with zero attached hydrogens (tertiary/aromatic N) is 11. The van der Waals surface area contributed by atoms with Gasteiger partial charge >= 0.3 is 0 Å². The highest BCUT2D eigenvalue weighted by Gasteiger charge is 2.41. The Balaban J connectivity index is 0.656. The number of anilines is 2. The molecule has 2 aliphatic carbocycles.